The number of rotatable bonds is 9. The number of nitrogens with one attached hydrogen (secondary N) is 1. The molecule has 4 rings (SSSR count). The number of fused-ring (bicyclic) bond motifs is 3. The van der Waals surface area contributed by atoms with Crippen LogP contribution in [0.4, 0.5) is 0 Å². The molecule has 8 heteroatoms. The van der Waals surface area contributed by atoms with Gasteiger partial charge < -0.3 is 19.5 Å². The van der Waals surface area contributed by atoms with Crippen LogP contribution in [-0.2, 0) is 27.8 Å². The van der Waals surface area contributed by atoms with E-state index >= 15 is 0 Å². The summed E-state index contributed by atoms with van der Waals surface area (Å²) in [5, 5.41) is 9.25. The first kappa shape index (κ1) is 23.9. The van der Waals surface area contributed by atoms with Gasteiger partial charge in [0, 0.05) is 43.2 Å². The van der Waals surface area contributed by atoms with E-state index in [0.717, 1.165) is 34.3 Å². The lowest BCUT2D eigenvalue weighted by atomic mass is 10.0. The molecule has 0 bridgehead atoms. The molecule has 2 amide bonds. The second-order valence-corrected chi connectivity index (χ2v) is 10.3. The summed E-state index contributed by atoms with van der Waals surface area (Å²) < 4.78 is 7.72. The predicted octanol–water partition coefficient (Wildman–Crippen LogP) is 4.39. The van der Waals surface area contributed by atoms with E-state index in [-0.39, 0.29) is 17.9 Å². The van der Waals surface area contributed by atoms with Crippen molar-refractivity contribution in [3.63, 3.8) is 0 Å². The SMILES string of the molecule is CC(C)OCCCNC(=O)C1c2c(n(C)c3ccccc23)SCC(=O)N1CCc1ccsc1. The lowest BCUT2D eigenvalue weighted by Crippen LogP contribution is -2.45. The number of thiophene rings is 1. The zero-order valence-electron chi connectivity index (χ0n) is 19.4. The van der Waals surface area contributed by atoms with E-state index in [1.165, 1.54) is 17.3 Å². The first-order valence-electron chi connectivity index (χ1n) is 11.4. The van der Waals surface area contributed by atoms with Crippen LogP contribution in [0.1, 0.15) is 37.4 Å². The topological polar surface area (TPSA) is 63.6 Å². The second-order valence-electron chi connectivity index (χ2n) is 8.52. The monoisotopic (exact) mass is 485 g/mol. The highest BCUT2D eigenvalue weighted by atomic mass is 32.2. The van der Waals surface area contributed by atoms with Gasteiger partial charge >= 0.3 is 0 Å². The maximum Gasteiger partial charge on any atom is 0.247 e. The Labute approximate surface area is 203 Å². The van der Waals surface area contributed by atoms with Crippen molar-refractivity contribution in [3.05, 3.63) is 52.2 Å². The molecule has 3 heterocycles. The number of para-hydroxylation sites is 1. The van der Waals surface area contributed by atoms with Crippen LogP contribution >= 0.6 is 23.1 Å². The van der Waals surface area contributed by atoms with Gasteiger partial charge in [0.1, 0.15) is 6.04 Å². The van der Waals surface area contributed by atoms with E-state index in [0.29, 0.717) is 25.4 Å². The fraction of sp³-hybridized carbons (Fsp3) is 0.440. The lowest BCUT2D eigenvalue weighted by Gasteiger charge is -2.30. The molecule has 0 radical (unpaired) electrons. The molecule has 33 heavy (non-hydrogen) atoms. The molecule has 1 aliphatic heterocycles. The Morgan fingerprint density at radius 3 is 2.85 bits per heavy atom. The molecule has 1 N–H and O–H groups in total. The lowest BCUT2D eigenvalue weighted by molar-refractivity contribution is -0.138. The Hall–Kier alpha value is -2.29. The van der Waals surface area contributed by atoms with Crippen molar-refractivity contribution in [2.24, 2.45) is 7.05 Å². The van der Waals surface area contributed by atoms with E-state index in [1.54, 1.807) is 16.2 Å². The van der Waals surface area contributed by atoms with Gasteiger partial charge in [-0.25, -0.2) is 0 Å². The first-order chi connectivity index (χ1) is 16.0. The molecule has 0 saturated carbocycles. The normalized spacial score (nSPS) is 16.3. The van der Waals surface area contributed by atoms with E-state index in [1.807, 2.05) is 38.4 Å². The number of aryl methyl sites for hydroxylation is 1. The Kier molecular flexibility index (Phi) is 7.78. The summed E-state index contributed by atoms with van der Waals surface area (Å²) >= 11 is 3.17. The summed E-state index contributed by atoms with van der Waals surface area (Å²) in [7, 11) is 2.01. The summed E-state index contributed by atoms with van der Waals surface area (Å²) in [6.07, 6.45) is 1.63. The number of carbonyl (C=O) groups excluding carboxylic acids is 2. The highest BCUT2D eigenvalue weighted by Gasteiger charge is 2.38. The van der Waals surface area contributed by atoms with E-state index in [4.69, 9.17) is 4.74 Å². The minimum absolute atomic E-state index is 0.00111. The smallest absolute Gasteiger partial charge is 0.247 e. The number of carbonyl (C=O) groups is 2. The van der Waals surface area contributed by atoms with Gasteiger partial charge in [-0.15, -0.1) is 0 Å². The fourth-order valence-electron chi connectivity index (χ4n) is 4.26. The summed E-state index contributed by atoms with van der Waals surface area (Å²) in [6, 6.07) is 9.55. The summed E-state index contributed by atoms with van der Waals surface area (Å²) in [4.78, 5) is 28.7. The number of hydrogen-bond acceptors (Lipinski definition) is 5. The largest absolute Gasteiger partial charge is 0.379 e. The molecule has 176 valence electrons. The number of nitrogens with zero attached hydrogens (tertiary/aromatic N) is 2. The first-order valence-corrected chi connectivity index (χ1v) is 13.3. The van der Waals surface area contributed by atoms with E-state index in [9.17, 15) is 9.59 Å². The molecule has 0 fully saturated rings. The Morgan fingerprint density at radius 2 is 2.09 bits per heavy atom. The maximum absolute atomic E-state index is 13.6. The molecule has 0 spiro atoms. The number of benzene rings is 1. The van der Waals surface area contributed by atoms with E-state index in [2.05, 4.69) is 33.5 Å². The van der Waals surface area contributed by atoms with Gasteiger partial charge in [-0.3, -0.25) is 9.59 Å². The van der Waals surface area contributed by atoms with Crippen molar-refractivity contribution >= 4 is 45.8 Å². The average molecular weight is 486 g/mol. The Bertz CT molecular complexity index is 1110. The van der Waals surface area contributed by atoms with Gasteiger partial charge in [-0.2, -0.15) is 11.3 Å². The number of amides is 2. The molecule has 1 atom stereocenters. The molecule has 3 aromatic rings. The molecule has 2 aromatic heterocycles. The summed E-state index contributed by atoms with van der Waals surface area (Å²) in [6.45, 7) is 5.62. The highest BCUT2D eigenvalue weighted by molar-refractivity contribution is 8.00. The maximum atomic E-state index is 13.6. The van der Waals surface area contributed by atoms with Crippen molar-refractivity contribution < 1.29 is 14.3 Å². The Balaban J connectivity index is 1.65. The third-order valence-corrected chi connectivity index (χ3v) is 7.76. The van der Waals surface area contributed by atoms with Crippen molar-refractivity contribution in [1.82, 2.24) is 14.8 Å². The van der Waals surface area contributed by atoms with Crippen molar-refractivity contribution in [3.8, 4) is 0 Å². The molecule has 0 saturated heterocycles. The molecule has 1 unspecified atom stereocenters. The number of thioether (sulfide) groups is 1. The van der Waals surface area contributed by atoms with Crippen LogP contribution in [0.2, 0.25) is 0 Å². The van der Waals surface area contributed by atoms with Crippen LogP contribution in [0, 0.1) is 0 Å². The summed E-state index contributed by atoms with van der Waals surface area (Å²) in [5.41, 5.74) is 3.20. The van der Waals surface area contributed by atoms with Crippen LogP contribution in [0.5, 0.6) is 0 Å². The molecular formula is C25H31N3O3S2. The molecular weight excluding hydrogens is 454 g/mol. The van der Waals surface area contributed by atoms with Crippen LogP contribution in [-0.4, -0.2) is 52.8 Å². The average Bonchev–Trinajstić information content (AvgIpc) is 3.37. The zero-order chi connectivity index (χ0) is 23.4. The van der Waals surface area contributed by atoms with Gasteiger partial charge in [0.05, 0.1) is 16.9 Å². The predicted molar refractivity (Wildman–Crippen MR) is 135 cm³/mol. The minimum Gasteiger partial charge on any atom is -0.379 e. The van der Waals surface area contributed by atoms with Gasteiger partial charge in [-0.05, 0) is 55.1 Å². The molecule has 6 nitrogen and oxygen atoms in total. The van der Waals surface area contributed by atoms with Crippen molar-refractivity contribution in [1.29, 1.82) is 0 Å². The molecule has 0 aliphatic carbocycles. The molecule has 1 aliphatic rings. The third-order valence-electron chi connectivity index (χ3n) is 5.87. The Morgan fingerprint density at radius 1 is 1.27 bits per heavy atom. The second kappa shape index (κ2) is 10.8. The number of aromatic nitrogens is 1. The van der Waals surface area contributed by atoms with E-state index < -0.39 is 6.04 Å². The fourth-order valence-corrected chi connectivity index (χ4v) is 6.06. The van der Waals surface area contributed by atoms with Gasteiger partial charge in [0.2, 0.25) is 11.8 Å². The summed E-state index contributed by atoms with van der Waals surface area (Å²) in [5.74, 6) is 0.199. The number of ether oxygens (including phenoxy) is 1. The van der Waals surface area contributed by atoms with Crippen LogP contribution in [0.3, 0.4) is 0 Å². The third kappa shape index (κ3) is 5.28. The zero-order valence-corrected chi connectivity index (χ0v) is 21.0. The quantitative estimate of drug-likeness (QED) is 0.457. The van der Waals surface area contributed by atoms with Crippen LogP contribution < -0.4 is 5.32 Å². The van der Waals surface area contributed by atoms with Crippen molar-refractivity contribution in [2.45, 2.75) is 43.9 Å². The van der Waals surface area contributed by atoms with Gasteiger partial charge in [0.15, 0.2) is 0 Å². The highest BCUT2D eigenvalue weighted by Crippen LogP contribution is 2.41. The van der Waals surface area contributed by atoms with Gasteiger partial charge in [0.25, 0.3) is 0 Å². The number of hydrogen-bond donors (Lipinski definition) is 1. The van der Waals surface area contributed by atoms with Gasteiger partial charge in [-0.1, -0.05) is 30.0 Å². The van der Waals surface area contributed by atoms with Crippen LogP contribution in [0.25, 0.3) is 10.9 Å². The van der Waals surface area contributed by atoms with Crippen molar-refractivity contribution in [2.75, 3.05) is 25.4 Å². The molecule has 1 aromatic carbocycles. The standard InChI is InChI=1S/C25H31N3O3S2/c1-17(2)31-13-6-11-26-24(30)23-22-19-7-4-5-8-20(19)27(3)25(22)33-16-21(29)28(23)12-9-18-10-14-32-15-18/h4-5,7-8,10,14-15,17,23H,6,9,11-13,16H2,1-3H3,(H,26,30). The van der Waals surface area contributed by atoms with Crippen LogP contribution in [0.15, 0.2) is 46.1 Å². The minimum atomic E-state index is -0.654.